The fraction of sp³-hybridized carbons (Fsp3) is 0.261. The molecule has 1 unspecified atom stereocenters. The van der Waals surface area contributed by atoms with Crippen molar-refractivity contribution in [2.75, 3.05) is 0 Å². The summed E-state index contributed by atoms with van der Waals surface area (Å²) < 4.78 is 6.99. The smallest absolute Gasteiger partial charge is 0.347 e. The van der Waals surface area contributed by atoms with Gasteiger partial charge in [-0.2, -0.15) is 5.10 Å². The Kier molecular flexibility index (Phi) is 4.19. The van der Waals surface area contributed by atoms with Crippen molar-refractivity contribution in [2.45, 2.75) is 38.8 Å². The molecule has 1 atom stereocenters. The van der Waals surface area contributed by atoms with Crippen LogP contribution in [0.3, 0.4) is 0 Å². The molecule has 0 saturated heterocycles. The maximum absolute atomic E-state index is 12.8. The third kappa shape index (κ3) is 3.10. The normalized spacial score (nSPS) is 16.1. The van der Waals surface area contributed by atoms with E-state index in [2.05, 4.69) is 22.5 Å². The minimum Gasteiger partial charge on any atom is -0.422 e. The highest BCUT2D eigenvalue weighted by molar-refractivity contribution is 6.02. The van der Waals surface area contributed by atoms with Crippen molar-refractivity contribution in [1.29, 1.82) is 0 Å². The van der Waals surface area contributed by atoms with E-state index in [1.165, 1.54) is 17.3 Å². The van der Waals surface area contributed by atoms with E-state index in [1.54, 1.807) is 10.7 Å². The Morgan fingerprint density at radius 2 is 2.10 bits per heavy atom. The summed E-state index contributed by atoms with van der Waals surface area (Å²) in [4.78, 5) is 25.2. The third-order valence-corrected chi connectivity index (χ3v) is 5.65. The molecule has 6 heteroatoms. The standard InChI is InChI=1S/C23H21N3O3/c1-14-9-10-20-17(11-14)22-18(23(28)29-20)12-24-26(22)13-21(27)25-19-8-4-6-15-5-2-3-7-16(15)19/h2-3,5,7,9-12,19H,4,6,8,13H2,1H3,(H,25,27). The molecule has 4 aromatic rings. The van der Waals surface area contributed by atoms with Crippen LogP contribution >= 0.6 is 0 Å². The van der Waals surface area contributed by atoms with Crippen LogP contribution in [0.4, 0.5) is 0 Å². The summed E-state index contributed by atoms with van der Waals surface area (Å²) in [6.45, 7) is 2.03. The Morgan fingerprint density at radius 1 is 1.24 bits per heavy atom. The van der Waals surface area contributed by atoms with Crippen LogP contribution in [0.5, 0.6) is 0 Å². The number of benzene rings is 2. The highest BCUT2D eigenvalue weighted by Crippen LogP contribution is 2.29. The summed E-state index contributed by atoms with van der Waals surface area (Å²) >= 11 is 0. The van der Waals surface area contributed by atoms with E-state index in [4.69, 9.17) is 4.42 Å². The Labute approximate surface area is 167 Å². The molecule has 2 aromatic carbocycles. The van der Waals surface area contributed by atoms with Crippen LogP contribution in [-0.4, -0.2) is 15.7 Å². The molecule has 2 aromatic heterocycles. The van der Waals surface area contributed by atoms with E-state index in [-0.39, 0.29) is 18.5 Å². The molecule has 1 N–H and O–H groups in total. The highest BCUT2D eigenvalue weighted by Gasteiger charge is 2.22. The van der Waals surface area contributed by atoms with Gasteiger partial charge in [-0.05, 0) is 49.4 Å². The minimum absolute atomic E-state index is 0.0123. The van der Waals surface area contributed by atoms with Crippen LogP contribution in [0.25, 0.3) is 21.9 Å². The molecule has 0 aliphatic heterocycles. The molecule has 2 heterocycles. The van der Waals surface area contributed by atoms with Crippen molar-refractivity contribution in [2.24, 2.45) is 0 Å². The summed E-state index contributed by atoms with van der Waals surface area (Å²) in [7, 11) is 0. The monoisotopic (exact) mass is 387 g/mol. The highest BCUT2D eigenvalue weighted by atomic mass is 16.4. The fourth-order valence-corrected chi connectivity index (χ4v) is 4.29. The van der Waals surface area contributed by atoms with Gasteiger partial charge in [0.1, 0.15) is 17.5 Å². The number of aromatic nitrogens is 2. The molecular weight excluding hydrogens is 366 g/mol. The summed E-state index contributed by atoms with van der Waals surface area (Å²) in [5.74, 6) is -0.120. The zero-order valence-electron chi connectivity index (χ0n) is 16.1. The molecule has 0 spiro atoms. The van der Waals surface area contributed by atoms with Gasteiger partial charge in [-0.15, -0.1) is 0 Å². The van der Waals surface area contributed by atoms with Crippen molar-refractivity contribution in [3.63, 3.8) is 0 Å². The maximum Gasteiger partial charge on any atom is 0.347 e. The van der Waals surface area contributed by atoms with Gasteiger partial charge >= 0.3 is 5.63 Å². The Balaban J connectivity index is 1.48. The number of hydrogen-bond donors (Lipinski definition) is 1. The van der Waals surface area contributed by atoms with Gasteiger partial charge in [0.2, 0.25) is 5.91 Å². The average Bonchev–Trinajstić information content (AvgIpc) is 3.13. The zero-order valence-corrected chi connectivity index (χ0v) is 16.1. The number of amides is 1. The van der Waals surface area contributed by atoms with Crippen LogP contribution < -0.4 is 10.9 Å². The van der Waals surface area contributed by atoms with Crippen molar-refractivity contribution >= 4 is 27.8 Å². The van der Waals surface area contributed by atoms with Crippen molar-refractivity contribution < 1.29 is 9.21 Å². The Morgan fingerprint density at radius 3 is 3.00 bits per heavy atom. The predicted molar refractivity (Wildman–Crippen MR) is 111 cm³/mol. The van der Waals surface area contributed by atoms with Gasteiger partial charge in [-0.1, -0.05) is 35.9 Å². The lowest BCUT2D eigenvalue weighted by Crippen LogP contribution is -2.33. The summed E-state index contributed by atoms with van der Waals surface area (Å²) in [6, 6.07) is 13.9. The summed E-state index contributed by atoms with van der Waals surface area (Å²) in [5, 5.41) is 8.63. The van der Waals surface area contributed by atoms with E-state index in [0.717, 1.165) is 30.2 Å². The lowest BCUT2D eigenvalue weighted by molar-refractivity contribution is -0.122. The molecule has 0 radical (unpaired) electrons. The van der Waals surface area contributed by atoms with Gasteiger partial charge in [0.05, 0.1) is 17.8 Å². The first-order valence-electron chi connectivity index (χ1n) is 9.86. The predicted octanol–water partition coefficient (Wildman–Crippen LogP) is 3.64. The first kappa shape index (κ1) is 17.7. The number of aryl methyl sites for hydroxylation is 2. The third-order valence-electron chi connectivity index (χ3n) is 5.65. The second-order valence-electron chi connectivity index (χ2n) is 7.66. The van der Waals surface area contributed by atoms with Crippen LogP contribution in [0.15, 0.2) is 57.9 Å². The van der Waals surface area contributed by atoms with Gasteiger partial charge < -0.3 is 9.73 Å². The second-order valence-corrected chi connectivity index (χ2v) is 7.66. The average molecular weight is 387 g/mol. The van der Waals surface area contributed by atoms with E-state index in [0.29, 0.717) is 16.5 Å². The van der Waals surface area contributed by atoms with Gasteiger partial charge in [0.15, 0.2) is 0 Å². The zero-order chi connectivity index (χ0) is 20.0. The number of hydrogen-bond acceptors (Lipinski definition) is 4. The number of carbonyl (C=O) groups excluding carboxylic acids is 1. The van der Waals surface area contributed by atoms with Gasteiger partial charge in [0, 0.05) is 5.39 Å². The summed E-state index contributed by atoms with van der Waals surface area (Å²) in [5.41, 5.74) is 4.23. The quantitative estimate of drug-likeness (QED) is 0.545. The molecule has 0 fully saturated rings. The SMILES string of the molecule is Cc1ccc2oc(=O)c3cnn(CC(=O)NC4CCCc5ccccc54)c3c2c1. The number of carbonyl (C=O) groups is 1. The number of fused-ring (bicyclic) bond motifs is 4. The Hall–Kier alpha value is -3.41. The van der Waals surface area contributed by atoms with Crippen LogP contribution in [0.1, 0.15) is 35.6 Å². The lowest BCUT2D eigenvalue weighted by Gasteiger charge is -2.26. The van der Waals surface area contributed by atoms with Crippen LogP contribution in [-0.2, 0) is 17.8 Å². The first-order valence-corrected chi connectivity index (χ1v) is 9.86. The topological polar surface area (TPSA) is 77.1 Å². The summed E-state index contributed by atoms with van der Waals surface area (Å²) in [6.07, 6.45) is 4.51. The number of nitrogens with zero attached hydrogens (tertiary/aromatic N) is 2. The van der Waals surface area contributed by atoms with E-state index < -0.39 is 5.63 Å². The van der Waals surface area contributed by atoms with E-state index in [9.17, 15) is 9.59 Å². The van der Waals surface area contributed by atoms with Gasteiger partial charge in [-0.3, -0.25) is 9.48 Å². The van der Waals surface area contributed by atoms with Gasteiger partial charge in [0.25, 0.3) is 0 Å². The largest absolute Gasteiger partial charge is 0.422 e. The molecule has 6 nitrogen and oxygen atoms in total. The molecule has 0 saturated carbocycles. The molecule has 146 valence electrons. The molecule has 0 bridgehead atoms. The first-order chi connectivity index (χ1) is 14.1. The minimum atomic E-state index is -0.441. The molecule has 1 aliphatic rings. The Bertz CT molecular complexity index is 1300. The second kappa shape index (κ2) is 6.88. The molecule has 1 aliphatic carbocycles. The number of nitrogens with one attached hydrogen (secondary N) is 1. The van der Waals surface area contributed by atoms with Gasteiger partial charge in [-0.25, -0.2) is 4.79 Å². The van der Waals surface area contributed by atoms with Crippen LogP contribution in [0, 0.1) is 6.92 Å². The van der Waals surface area contributed by atoms with Crippen molar-refractivity contribution in [1.82, 2.24) is 15.1 Å². The van der Waals surface area contributed by atoms with E-state index >= 15 is 0 Å². The molecule has 1 amide bonds. The number of rotatable bonds is 3. The van der Waals surface area contributed by atoms with Crippen LogP contribution in [0.2, 0.25) is 0 Å². The molecule has 5 rings (SSSR count). The van der Waals surface area contributed by atoms with Crippen molar-refractivity contribution in [3.05, 3.63) is 75.8 Å². The molecule has 29 heavy (non-hydrogen) atoms. The van der Waals surface area contributed by atoms with E-state index in [1.807, 2.05) is 31.2 Å². The fourth-order valence-electron chi connectivity index (χ4n) is 4.29. The molecular formula is C23H21N3O3. The van der Waals surface area contributed by atoms with Crippen molar-refractivity contribution in [3.8, 4) is 0 Å². The lowest BCUT2D eigenvalue weighted by atomic mass is 9.88. The maximum atomic E-state index is 12.8.